The summed E-state index contributed by atoms with van der Waals surface area (Å²) in [6.07, 6.45) is 5.05. The third-order valence-electron chi connectivity index (χ3n) is 8.60. The van der Waals surface area contributed by atoms with Crippen molar-refractivity contribution in [1.29, 1.82) is 0 Å². The van der Waals surface area contributed by atoms with Crippen LogP contribution in [0.15, 0.2) is 55.6 Å². The van der Waals surface area contributed by atoms with E-state index in [1.807, 2.05) is 51.1 Å². The number of hydrogen-bond donors (Lipinski definition) is 1. The second-order valence-electron chi connectivity index (χ2n) is 10.9. The number of ether oxygens (including phenoxy) is 2. The Bertz CT molecular complexity index is 1070. The highest BCUT2D eigenvalue weighted by Crippen LogP contribution is 2.65. The molecule has 3 heterocycles. The molecular weight excluding hydrogens is 484 g/mol. The van der Waals surface area contributed by atoms with Gasteiger partial charge < -0.3 is 24.4 Å². The molecule has 3 fully saturated rings. The minimum absolute atomic E-state index is 0.0306. The van der Waals surface area contributed by atoms with E-state index in [4.69, 9.17) is 9.47 Å². The predicted octanol–water partition coefficient (Wildman–Crippen LogP) is 2.90. The van der Waals surface area contributed by atoms with Gasteiger partial charge >= 0.3 is 5.97 Å². The molecule has 4 rings (SSSR count). The third-order valence-corrected chi connectivity index (χ3v) is 8.60. The standard InChI is InChI=1S/C30H40N2O6/c1-6-16-31(20(4)5)27(35)25-30-15-14-29(8-3,38-30)24(28(36)37-17-7-2)23(30)26(34)32(25)22(19-33)18-21-12-10-9-11-13-21/h6-7,9-13,20,22-25,33H,1-2,8,14-19H2,3-5H3/t22-,23+,24+,25?,29-,30?/m1/s1. The van der Waals surface area contributed by atoms with Gasteiger partial charge in [0.1, 0.15) is 24.2 Å². The summed E-state index contributed by atoms with van der Waals surface area (Å²) in [5.74, 6) is -2.80. The topological polar surface area (TPSA) is 96.4 Å². The van der Waals surface area contributed by atoms with Crippen LogP contribution in [0.5, 0.6) is 0 Å². The van der Waals surface area contributed by atoms with Crippen molar-refractivity contribution in [2.75, 3.05) is 19.8 Å². The zero-order valence-corrected chi connectivity index (χ0v) is 22.7. The van der Waals surface area contributed by atoms with Crippen molar-refractivity contribution in [3.05, 3.63) is 61.2 Å². The molecule has 0 aliphatic carbocycles. The van der Waals surface area contributed by atoms with E-state index >= 15 is 0 Å². The van der Waals surface area contributed by atoms with Crippen LogP contribution in [0.25, 0.3) is 0 Å². The van der Waals surface area contributed by atoms with Crippen LogP contribution in [0.1, 0.15) is 45.6 Å². The molecule has 3 saturated heterocycles. The lowest BCUT2D eigenvalue weighted by Gasteiger charge is -2.40. The Morgan fingerprint density at radius 3 is 2.53 bits per heavy atom. The largest absolute Gasteiger partial charge is 0.461 e. The number of fused-ring (bicyclic) bond motifs is 1. The number of rotatable bonds is 12. The molecule has 38 heavy (non-hydrogen) atoms. The molecule has 1 N–H and O–H groups in total. The van der Waals surface area contributed by atoms with Gasteiger partial charge in [-0.3, -0.25) is 14.4 Å². The summed E-state index contributed by atoms with van der Waals surface area (Å²) in [4.78, 5) is 45.4. The number of hydrogen-bond acceptors (Lipinski definition) is 6. The summed E-state index contributed by atoms with van der Waals surface area (Å²) < 4.78 is 12.3. The Hall–Kier alpha value is -2.97. The van der Waals surface area contributed by atoms with Gasteiger partial charge in [0.15, 0.2) is 0 Å². The first-order valence-corrected chi connectivity index (χ1v) is 13.6. The fraction of sp³-hybridized carbons (Fsp3) is 0.567. The van der Waals surface area contributed by atoms with Crippen molar-refractivity contribution in [3.63, 3.8) is 0 Å². The molecule has 206 valence electrons. The maximum absolute atomic E-state index is 14.4. The van der Waals surface area contributed by atoms with E-state index in [9.17, 15) is 19.5 Å². The fourth-order valence-electron chi connectivity index (χ4n) is 6.91. The van der Waals surface area contributed by atoms with E-state index in [1.54, 1.807) is 11.0 Å². The van der Waals surface area contributed by atoms with E-state index in [-0.39, 0.29) is 31.1 Å². The van der Waals surface area contributed by atoms with Gasteiger partial charge in [-0.2, -0.15) is 0 Å². The first kappa shape index (κ1) is 28.0. The predicted molar refractivity (Wildman–Crippen MR) is 143 cm³/mol. The van der Waals surface area contributed by atoms with Gasteiger partial charge in [0.2, 0.25) is 11.8 Å². The SMILES string of the molecule is C=CCOC(=O)[C@@H]1[C@H]2C(=O)N([C@@H](CO)Cc3ccccc3)C(C(=O)N(CC=C)C(C)C)C23CC[C@@]1(CC)O3. The lowest BCUT2D eigenvalue weighted by atomic mass is 9.65. The van der Waals surface area contributed by atoms with Crippen LogP contribution in [-0.2, 0) is 30.3 Å². The molecule has 0 aromatic heterocycles. The van der Waals surface area contributed by atoms with Crippen molar-refractivity contribution in [1.82, 2.24) is 9.80 Å². The van der Waals surface area contributed by atoms with Gasteiger partial charge in [-0.1, -0.05) is 56.0 Å². The molecular formula is C30H40N2O6. The number of esters is 1. The Morgan fingerprint density at radius 2 is 1.95 bits per heavy atom. The minimum atomic E-state index is -1.18. The van der Waals surface area contributed by atoms with E-state index in [0.717, 1.165) is 5.56 Å². The summed E-state index contributed by atoms with van der Waals surface area (Å²) in [6.45, 7) is 13.2. The molecule has 1 spiro atoms. The molecule has 6 atom stereocenters. The number of carbonyl (C=O) groups excluding carboxylic acids is 3. The first-order valence-electron chi connectivity index (χ1n) is 13.6. The molecule has 3 aliphatic heterocycles. The van der Waals surface area contributed by atoms with Crippen LogP contribution in [0, 0.1) is 11.8 Å². The van der Waals surface area contributed by atoms with Crippen LogP contribution < -0.4 is 0 Å². The molecule has 3 aliphatic rings. The van der Waals surface area contributed by atoms with Gasteiger partial charge in [-0.05, 0) is 45.1 Å². The number of likely N-dealkylation sites (tertiary alicyclic amines) is 1. The molecule has 2 unspecified atom stereocenters. The van der Waals surface area contributed by atoms with Gasteiger partial charge in [0, 0.05) is 12.6 Å². The van der Waals surface area contributed by atoms with E-state index < -0.39 is 41.1 Å². The van der Waals surface area contributed by atoms with Crippen LogP contribution in [-0.4, -0.2) is 81.8 Å². The second kappa shape index (κ2) is 11.0. The lowest BCUT2D eigenvalue weighted by molar-refractivity contribution is -0.163. The zero-order chi connectivity index (χ0) is 27.7. The lowest BCUT2D eigenvalue weighted by Crippen LogP contribution is -2.60. The molecule has 8 heteroatoms. The number of nitrogens with zero attached hydrogens (tertiary/aromatic N) is 2. The number of amides is 2. The number of aliphatic hydroxyl groups is 1. The average Bonchev–Trinajstić information content (AvgIpc) is 3.52. The smallest absolute Gasteiger partial charge is 0.313 e. The van der Waals surface area contributed by atoms with Crippen molar-refractivity contribution in [2.45, 2.75) is 75.8 Å². The molecule has 2 bridgehead atoms. The van der Waals surface area contributed by atoms with Crippen molar-refractivity contribution >= 4 is 17.8 Å². The van der Waals surface area contributed by atoms with Crippen molar-refractivity contribution < 1.29 is 29.0 Å². The third kappa shape index (κ3) is 4.37. The summed E-state index contributed by atoms with van der Waals surface area (Å²) in [7, 11) is 0. The van der Waals surface area contributed by atoms with E-state index in [0.29, 0.717) is 32.2 Å². The van der Waals surface area contributed by atoms with E-state index in [2.05, 4.69) is 13.2 Å². The minimum Gasteiger partial charge on any atom is -0.461 e. The second-order valence-corrected chi connectivity index (χ2v) is 10.9. The van der Waals surface area contributed by atoms with Crippen molar-refractivity contribution in [3.8, 4) is 0 Å². The van der Waals surface area contributed by atoms with Gasteiger partial charge in [-0.15, -0.1) is 6.58 Å². The maximum atomic E-state index is 14.4. The summed E-state index contributed by atoms with van der Waals surface area (Å²) in [5.41, 5.74) is -1.12. The highest BCUT2D eigenvalue weighted by Gasteiger charge is 2.79. The quantitative estimate of drug-likeness (QED) is 0.334. The molecule has 1 aromatic carbocycles. The fourth-order valence-corrected chi connectivity index (χ4v) is 6.91. The zero-order valence-electron chi connectivity index (χ0n) is 22.7. The van der Waals surface area contributed by atoms with Crippen LogP contribution in [0.3, 0.4) is 0 Å². The average molecular weight is 525 g/mol. The van der Waals surface area contributed by atoms with Crippen LogP contribution in [0.4, 0.5) is 0 Å². The normalized spacial score (nSPS) is 30.3. The Morgan fingerprint density at radius 1 is 1.24 bits per heavy atom. The number of aliphatic hydroxyl groups excluding tert-OH is 1. The van der Waals surface area contributed by atoms with Crippen LogP contribution >= 0.6 is 0 Å². The Balaban J connectivity index is 1.83. The van der Waals surface area contributed by atoms with Gasteiger partial charge in [0.25, 0.3) is 0 Å². The highest BCUT2D eigenvalue weighted by atomic mass is 16.6. The van der Waals surface area contributed by atoms with Gasteiger partial charge in [-0.25, -0.2) is 0 Å². The summed E-state index contributed by atoms with van der Waals surface area (Å²) >= 11 is 0. The first-order chi connectivity index (χ1) is 18.2. The number of carbonyl (C=O) groups is 3. The molecule has 8 nitrogen and oxygen atoms in total. The van der Waals surface area contributed by atoms with Crippen molar-refractivity contribution in [2.24, 2.45) is 11.8 Å². The molecule has 0 radical (unpaired) electrons. The van der Waals surface area contributed by atoms with E-state index in [1.165, 1.54) is 11.0 Å². The Kier molecular flexibility index (Phi) is 8.14. The molecule has 0 saturated carbocycles. The van der Waals surface area contributed by atoms with Gasteiger partial charge in [0.05, 0.1) is 24.2 Å². The Labute approximate surface area is 225 Å². The summed E-state index contributed by atoms with van der Waals surface area (Å²) in [5, 5.41) is 10.6. The number of benzene rings is 1. The molecule has 2 amide bonds. The highest BCUT2D eigenvalue weighted by molar-refractivity contribution is 5.99. The monoisotopic (exact) mass is 524 g/mol. The van der Waals surface area contributed by atoms with Crippen LogP contribution in [0.2, 0.25) is 0 Å². The summed E-state index contributed by atoms with van der Waals surface area (Å²) in [6, 6.07) is 7.77. The molecule has 1 aromatic rings. The maximum Gasteiger partial charge on any atom is 0.313 e.